The molecule has 0 bridgehead atoms. The third kappa shape index (κ3) is 10.8. The predicted octanol–water partition coefficient (Wildman–Crippen LogP) is -1.94. The molecule has 0 aliphatic rings. The van der Waals surface area contributed by atoms with E-state index in [2.05, 4.69) is 5.32 Å². The average molecular weight is 298 g/mol. The van der Waals surface area contributed by atoms with Crippen molar-refractivity contribution in [2.75, 3.05) is 38.5 Å². The normalized spacial score (nSPS) is 13.5. The number of nitrogens with zero attached hydrogens (tertiary/aromatic N) is 1. The SMILES string of the molecule is CCC(=O)NCCN(CCO)CC(O)CS(=O)(=O)O. The molecule has 0 aromatic carbocycles. The number of aliphatic hydroxyl groups excluding tert-OH is 2. The van der Waals surface area contributed by atoms with Gasteiger partial charge in [-0.1, -0.05) is 6.92 Å². The largest absolute Gasteiger partial charge is 0.395 e. The molecule has 1 unspecified atom stereocenters. The van der Waals surface area contributed by atoms with Gasteiger partial charge in [-0.05, 0) is 0 Å². The second-order valence-electron chi connectivity index (χ2n) is 4.13. The molecule has 0 aromatic heterocycles. The lowest BCUT2D eigenvalue weighted by atomic mass is 10.3. The van der Waals surface area contributed by atoms with E-state index in [0.717, 1.165) is 0 Å². The van der Waals surface area contributed by atoms with Gasteiger partial charge in [0, 0.05) is 32.6 Å². The summed E-state index contributed by atoms with van der Waals surface area (Å²) in [4.78, 5) is 12.6. The zero-order chi connectivity index (χ0) is 14.9. The van der Waals surface area contributed by atoms with E-state index in [1.165, 1.54) is 0 Å². The Kier molecular flexibility index (Phi) is 8.85. The quantitative estimate of drug-likeness (QED) is 0.345. The second-order valence-corrected chi connectivity index (χ2v) is 5.63. The van der Waals surface area contributed by atoms with Gasteiger partial charge in [0.25, 0.3) is 10.1 Å². The number of hydrogen-bond donors (Lipinski definition) is 4. The molecule has 0 radical (unpaired) electrons. The minimum Gasteiger partial charge on any atom is -0.395 e. The molecule has 19 heavy (non-hydrogen) atoms. The summed E-state index contributed by atoms with van der Waals surface area (Å²) < 4.78 is 29.8. The van der Waals surface area contributed by atoms with Crippen LogP contribution in [0.1, 0.15) is 13.3 Å². The molecule has 0 aromatic rings. The number of amides is 1. The molecular formula is C10H22N2O6S. The lowest BCUT2D eigenvalue weighted by Gasteiger charge is -2.23. The van der Waals surface area contributed by atoms with Crippen LogP contribution >= 0.6 is 0 Å². The summed E-state index contributed by atoms with van der Waals surface area (Å²) in [6.45, 7) is 2.50. The van der Waals surface area contributed by atoms with Crippen LogP contribution in [-0.2, 0) is 14.9 Å². The molecule has 4 N–H and O–H groups in total. The van der Waals surface area contributed by atoms with Gasteiger partial charge in [0.2, 0.25) is 5.91 Å². The second kappa shape index (κ2) is 9.21. The van der Waals surface area contributed by atoms with E-state index in [0.29, 0.717) is 19.5 Å². The summed E-state index contributed by atoms with van der Waals surface area (Å²) in [6, 6.07) is 0. The van der Waals surface area contributed by atoms with Crippen molar-refractivity contribution in [3.63, 3.8) is 0 Å². The van der Waals surface area contributed by atoms with Crippen LogP contribution < -0.4 is 5.32 Å². The molecular weight excluding hydrogens is 276 g/mol. The summed E-state index contributed by atoms with van der Waals surface area (Å²) in [7, 11) is -4.23. The van der Waals surface area contributed by atoms with Crippen molar-refractivity contribution in [1.29, 1.82) is 0 Å². The lowest BCUT2D eigenvalue weighted by Crippen LogP contribution is -2.41. The first-order chi connectivity index (χ1) is 8.78. The zero-order valence-corrected chi connectivity index (χ0v) is 11.8. The Balaban J connectivity index is 4.13. The summed E-state index contributed by atoms with van der Waals surface area (Å²) in [5.41, 5.74) is 0. The lowest BCUT2D eigenvalue weighted by molar-refractivity contribution is -0.120. The van der Waals surface area contributed by atoms with Crippen molar-refractivity contribution in [3.05, 3.63) is 0 Å². The fourth-order valence-electron chi connectivity index (χ4n) is 1.51. The molecule has 0 saturated heterocycles. The number of nitrogens with one attached hydrogen (secondary N) is 1. The molecule has 1 atom stereocenters. The topological polar surface area (TPSA) is 127 Å². The number of carbonyl (C=O) groups is 1. The molecule has 0 heterocycles. The Morgan fingerprint density at radius 2 is 2.00 bits per heavy atom. The summed E-state index contributed by atoms with van der Waals surface area (Å²) in [5, 5.41) is 21.0. The van der Waals surface area contributed by atoms with E-state index in [9.17, 15) is 18.3 Å². The molecule has 9 heteroatoms. The van der Waals surface area contributed by atoms with Crippen LogP contribution in [0.2, 0.25) is 0 Å². The molecule has 0 rings (SSSR count). The van der Waals surface area contributed by atoms with Gasteiger partial charge in [-0.2, -0.15) is 8.42 Å². The van der Waals surface area contributed by atoms with E-state index in [1.54, 1.807) is 11.8 Å². The van der Waals surface area contributed by atoms with E-state index in [4.69, 9.17) is 9.66 Å². The van der Waals surface area contributed by atoms with Crippen LogP contribution in [-0.4, -0.2) is 78.6 Å². The van der Waals surface area contributed by atoms with Gasteiger partial charge >= 0.3 is 0 Å². The van der Waals surface area contributed by atoms with Gasteiger partial charge in [0.1, 0.15) is 5.75 Å². The molecule has 114 valence electrons. The van der Waals surface area contributed by atoms with Crippen LogP contribution in [0, 0.1) is 0 Å². The molecule has 0 aliphatic carbocycles. The Hall–Kier alpha value is -0.740. The maximum Gasteiger partial charge on any atom is 0.267 e. The van der Waals surface area contributed by atoms with Gasteiger partial charge in [0.15, 0.2) is 0 Å². The first kappa shape index (κ1) is 18.3. The number of rotatable bonds is 10. The highest BCUT2D eigenvalue weighted by molar-refractivity contribution is 7.85. The molecule has 0 saturated carbocycles. The van der Waals surface area contributed by atoms with E-state index in [-0.39, 0.29) is 25.6 Å². The fraction of sp³-hybridized carbons (Fsp3) is 0.900. The monoisotopic (exact) mass is 298 g/mol. The third-order valence-corrected chi connectivity index (χ3v) is 3.17. The summed E-state index contributed by atoms with van der Waals surface area (Å²) in [6.07, 6.45) is -0.880. The van der Waals surface area contributed by atoms with Crippen LogP contribution in [0.5, 0.6) is 0 Å². The molecule has 8 nitrogen and oxygen atoms in total. The van der Waals surface area contributed by atoms with Crippen LogP contribution in [0.4, 0.5) is 0 Å². The molecule has 0 aliphatic heterocycles. The first-order valence-electron chi connectivity index (χ1n) is 6.01. The summed E-state index contributed by atoms with van der Waals surface area (Å²) >= 11 is 0. The van der Waals surface area contributed by atoms with Gasteiger partial charge in [0.05, 0.1) is 12.7 Å². The maximum atomic E-state index is 11.0. The highest BCUT2D eigenvalue weighted by atomic mass is 32.2. The number of aliphatic hydroxyl groups is 2. The minimum atomic E-state index is -4.23. The Morgan fingerprint density at radius 1 is 1.37 bits per heavy atom. The van der Waals surface area contributed by atoms with Gasteiger partial charge in [-0.25, -0.2) is 0 Å². The van der Waals surface area contributed by atoms with Crippen molar-refractivity contribution in [2.45, 2.75) is 19.4 Å². The van der Waals surface area contributed by atoms with Crippen molar-refractivity contribution in [3.8, 4) is 0 Å². The number of hydrogen-bond acceptors (Lipinski definition) is 6. The van der Waals surface area contributed by atoms with Gasteiger partial charge < -0.3 is 15.5 Å². The fourth-order valence-corrected chi connectivity index (χ4v) is 2.10. The first-order valence-corrected chi connectivity index (χ1v) is 7.62. The summed E-state index contributed by atoms with van der Waals surface area (Å²) in [5.74, 6) is -0.863. The van der Waals surface area contributed by atoms with Crippen LogP contribution in [0.25, 0.3) is 0 Å². The smallest absolute Gasteiger partial charge is 0.267 e. The third-order valence-electron chi connectivity index (χ3n) is 2.36. The average Bonchev–Trinajstić information content (AvgIpc) is 2.26. The molecule has 0 spiro atoms. The van der Waals surface area contributed by atoms with Crippen LogP contribution in [0.15, 0.2) is 0 Å². The Morgan fingerprint density at radius 3 is 2.47 bits per heavy atom. The van der Waals surface area contributed by atoms with Crippen molar-refractivity contribution < 1.29 is 28.0 Å². The van der Waals surface area contributed by atoms with Gasteiger partial charge in [-0.15, -0.1) is 0 Å². The maximum absolute atomic E-state index is 11.0. The minimum absolute atomic E-state index is 0.0116. The number of carbonyl (C=O) groups excluding carboxylic acids is 1. The zero-order valence-electron chi connectivity index (χ0n) is 10.9. The van der Waals surface area contributed by atoms with E-state index in [1.807, 2.05) is 0 Å². The van der Waals surface area contributed by atoms with Crippen molar-refractivity contribution >= 4 is 16.0 Å². The Labute approximate surface area is 113 Å². The molecule has 1 amide bonds. The highest BCUT2D eigenvalue weighted by Crippen LogP contribution is 1.96. The predicted molar refractivity (Wildman–Crippen MR) is 69.2 cm³/mol. The van der Waals surface area contributed by atoms with E-state index >= 15 is 0 Å². The van der Waals surface area contributed by atoms with E-state index < -0.39 is 22.0 Å². The Bertz CT molecular complexity index is 359. The van der Waals surface area contributed by atoms with Crippen LogP contribution in [0.3, 0.4) is 0 Å². The molecule has 0 fully saturated rings. The van der Waals surface area contributed by atoms with Crippen molar-refractivity contribution in [1.82, 2.24) is 10.2 Å². The standard InChI is InChI=1S/C10H22N2O6S/c1-2-10(15)11-3-4-12(5-6-13)7-9(14)8-19(16,17)18/h9,13-14H,2-8H2,1H3,(H,11,15)(H,16,17,18). The van der Waals surface area contributed by atoms with Crippen molar-refractivity contribution in [2.24, 2.45) is 0 Å². The van der Waals surface area contributed by atoms with Gasteiger partial charge in [-0.3, -0.25) is 14.2 Å². The highest BCUT2D eigenvalue weighted by Gasteiger charge is 2.17.